The predicted molar refractivity (Wildman–Crippen MR) is 103 cm³/mol. The molecule has 0 radical (unpaired) electrons. The van der Waals surface area contributed by atoms with Gasteiger partial charge in [0.15, 0.2) is 24.8 Å². The number of carbonyl (C=O) groups excluding carboxylic acids is 2. The van der Waals surface area contributed by atoms with E-state index in [1.807, 2.05) is 49.4 Å². The molecule has 0 aliphatic rings. The zero-order chi connectivity index (χ0) is 19.9. The number of esters is 1. The molecule has 3 rings (SSSR count). The van der Waals surface area contributed by atoms with Crippen molar-refractivity contribution in [3.8, 4) is 5.75 Å². The van der Waals surface area contributed by atoms with Crippen LogP contribution in [-0.4, -0.2) is 25.1 Å². The number of hydrogen-bond acceptors (Lipinski definition) is 4. The predicted octanol–water partition coefficient (Wildman–Crippen LogP) is 3.78. The van der Waals surface area contributed by atoms with E-state index in [0.717, 1.165) is 16.3 Å². The zero-order valence-electron chi connectivity index (χ0n) is 15.4. The average Bonchev–Trinajstić information content (AvgIpc) is 2.71. The van der Waals surface area contributed by atoms with Gasteiger partial charge in [0.25, 0.3) is 5.91 Å². The summed E-state index contributed by atoms with van der Waals surface area (Å²) in [6.07, 6.45) is 0. The third-order valence-electron chi connectivity index (χ3n) is 4.21. The third-order valence-corrected chi connectivity index (χ3v) is 4.21. The van der Waals surface area contributed by atoms with E-state index in [1.165, 1.54) is 18.2 Å². The van der Waals surface area contributed by atoms with Crippen molar-refractivity contribution in [2.45, 2.75) is 13.0 Å². The van der Waals surface area contributed by atoms with Gasteiger partial charge in [0.1, 0.15) is 0 Å². The van der Waals surface area contributed by atoms with E-state index in [9.17, 15) is 14.0 Å². The number of hydrogen-bond donors (Lipinski definition) is 1. The lowest BCUT2D eigenvalue weighted by Gasteiger charge is -2.16. The summed E-state index contributed by atoms with van der Waals surface area (Å²) in [5.41, 5.74) is 0.973. The van der Waals surface area contributed by atoms with Gasteiger partial charge >= 0.3 is 5.97 Å². The first-order valence-electron chi connectivity index (χ1n) is 8.84. The van der Waals surface area contributed by atoms with Gasteiger partial charge in [-0.05, 0) is 35.4 Å². The van der Waals surface area contributed by atoms with Crippen LogP contribution in [0.2, 0.25) is 0 Å². The number of amides is 1. The Balaban J connectivity index is 1.49. The van der Waals surface area contributed by atoms with Gasteiger partial charge in [-0.15, -0.1) is 0 Å². The third kappa shape index (κ3) is 4.85. The smallest absolute Gasteiger partial charge is 0.344 e. The maximum absolute atomic E-state index is 13.4. The number of ether oxygens (including phenoxy) is 2. The van der Waals surface area contributed by atoms with Crippen LogP contribution >= 0.6 is 0 Å². The maximum Gasteiger partial charge on any atom is 0.344 e. The van der Waals surface area contributed by atoms with Crippen molar-refractivity contribution >= 4 is 22.6 Å². The van der Waals surface area contributed by atoms with E-state index in [2.05, 4.69) is 5.32 Å². The summed E-state index contributed by atoms with van der Waals surface area (Å²) >= 11 is 0. The first kappa shape index (κ1) is 19.4. The second-order valence-electron chi connectivity index (χ2n) is 6.24. The summed E-state index contributed by atoms with van der Waals surface area (Å²) in [6.45, 7) is 0.949. The van der Waals surface area contributed by atoms with Crippen LogP contribution in [0.15, 0.2) is 66.7 Å². The lowest BCUT2D eigenvalue weighted by atomic mass is 10.00. The Hall–Kier alpha value is -3.41. The summed E-state index contributed by atoms with van der Waals surface area (Å²) in [6, 6.07) is 19.3. The Kier molecular flexibility index (Phi) is 6.22. The van der Waals surface area contributed by atoms with Gasteiger partial charge in [0.2, 0.25) is 0 Å². The monoisotopic (exact) mass is 381 g/mol. The molecule has 0 aliphatic carbocycles. The molecule has 0 aromatic heterocycles. The standard InChI is InChI=1S/C22H20FNO4/c1-15(17-10-6-8-16-7-2-3-9-18(16)17)24-21(25)13-28-22(26)14-27-20-12-5-4-11-19(20)23/h2-12,15H,13-14H2,1H3,(H,24,25)/t15-/m0/s1. The molecule has 0 saturated heterocycles. The molecular weight excluding hydrogens is 361 g/mol. The zero-order valence-corrected chi connectivity index (χ0v) is 15.4. The van der Waals surface area contributed by atoms with Crippen LogP contribution in [0, 0.1) is 5.82 Å². The minimum atomic E-state index is -0.754. The molecule has 1 amide bonds. The molecule has 5 nitrogen and oxygen atoms in total. The molecule has 144 valence electrons. The van der Waals surface area contributed by atoms with E-state index >= 15 is 0 Å². The Bertz CT molecular complexity index is 984. The van der Waals surface area contributed by atoms with E-state index in [1.54, 1.807) is 6.07 Å². The molecule has 0 aliphatic heterocycles. The summed E-state index contributed by atoms with van der Waals surface area (Å²) in [5.74, 6) is -1.80. The number of fused-ring (bicyclic) bond motifs is 1. The van der Waals surface area contributed by atoms with Crippen molar-refractivity contribution in [3.05, 3.63) is 78.1 Å². The van der Waals surface area contributed by atoms with E-state index in [-0.39, 0.29) is 11.8 Å². The molecule has 0 heterocycles. The molecule has 1 N–H and O–H groups in total. The van der Waals surface area contributed by atoms with Crippen LogP contribution in [0.3, 0.4) is 0 Å². The second-order valence-corrected chi connectivity index (χ2v) is 6.24. The summed E-state index contributed by atoms with van der Waals surface area (Å²) in [5, 5.41) is 4.94. The number of carbonyl (C=O) groups is 2. The SMILES string of the molecule is C[C@H](NC(=O)COC(=O)COc1ccccc1F)c1cccc2ccccc12. The van der Waals surface area contributed by atoms with Gasteiger partial charge in [0.05, 0.1) is 6.04 Å². The van der Waals surface area contributed by atoms with Crippen molar-refractivity contribution in [3.63, 3.8) is 0 Å². The van der Waals surface area contributed by atoms with Gasteiger partial charge in [-0.3, -0.25) is 4.79 Å². The molecule has 6 heteroatoms. The fourth-order valence-corrected chi connectivity index (χ4v) is 2.88. The Morgan fingerprint density at radius 3 is 2.50 bits per heavy atom. The highest BCUT2D eigenvalue weighted by molar-refractivity contribution is 5.87. The summed E-state index contributed by atoms with van der Waals surface area (Å²) in [7, 11) is 0. The molecule has 1 atom stereocenters. The second kappa shape index (κ2) is 8.99. The first-order chi connectivity index (χ1) is 13.5. The quantitative estimate of drug-likeness (QED) is 0.633. The highest BCUT2D eigenvalue weighted by atomic mass is 19.1. The van der Waals surface area contributed by atoms with Crippen molar-refractivity contribution in [2.24, 2.45) is 0 Å². The van der Waals surface area contributed by atoms with Crippen molar-refractivity contribution in [2.75, 3.05) is 13.2 Å². The normalized spacial score (nSPS) is 11.6. The van der Waals surface area contributed by atoms with Gasteiger partial charge < -0.3 is 14.8 Å². The molecule has 0 bridgehead atoms. The number of para-hydroxylation sites is 1. The van der Waals surface area contributed by atoms with Crippen molar-refractivity contribution in [1.29, 1.82) is 0 Å². The van der Waals surface area contributed by atoms with Gasteiger partial charge in [-0.25, -0.2) is 9.18 Å². The van der Waals surface area contributed by atoms with Crippen LogP contribution in [0.5, 0.6) is 5.75 Å². The van der Waals surface area contributed by atoms with Gasteiger partial charge in [-0.1, -0.05) is 54.6 Å². The molecule has 0 saturated carbocycles. The highest BCUT2D eigenvalue weighted by Crippen LogP contribution is 2.23. The molecule has 3 aromatic rings. The average molecular weight is 381 g/mol. The molecule has 0 fully saturated rings. The fourth-order valence-electron chi connectivity index (χ4n) is 2.88. The minimum Gasteiger partial charge on any atom is -0.479 e. The lowest BCUT2D eigenvalue weighted by Crippen LogP contribution is -2.32. The van der Waals surface area contributed by atoms with Crippen LogP contribution < -0.4 is 10.1 Å². The Morgan fingerprint density at radius 2 is 1.68 bits per heavy atom. The molecule has 0 unspecified atom stereocenters. The number of halogens is 1. The van der Waals surface area contributed by atoms with Crippen molar-refractivity contribution in [1.82, 2.24) is 5.32 Å². The van der Waals surface area contributed by atoms with E-state index in [0.29, 0.717) is 0 Å². The van der Waals surface area contributed by atoms with Gasteiger partial charge in [0, 0.05) is 0 Å². The molecule has 0 spiro atoms. The maximum atomic E-state index is 13.4. The fraction of sp³-hybridized carbons (Fsp3) is 0.182. The first-order valence-corrected chi connectivity index (χ1v) is 8.84. The Morgan fingerprint density at radius 1 is 0.964 bits per heavy atom. The highest BCUT2D eigenvalue weighted by Gasteiger charge is 2.14. The van der Waals surface area contributed by atoms with Crippen LogP contribution in [0.1, 0.15) is 18.5 Å². The lowest BCUT2D eigenvalue weighted by molar-refractivity contribution is -0.150. The number of rotatable bonds is 7. The Labute approximate surface area is 162 Å². The van der Waals surface area contributed by atoms with E-state index in [4.69, 9.17) is 9.47 Å². The number of nitrogens with one attached hydrogen (secondary N) is 1. The topological polar surface area (TPSA) is 64.6 Å². The van der Waals surface area contributed by atoms with Gasteiger partial charge in [-0.2, -0.15) is 0 Å². The summed E-state index contributed by atoms with van der Waals surface area (Å²) in [4.78, 5) is 23.8. The molecule has 28 heavy (non-hydrogen) atoms. The number of benzene rings is 3. The molecular formula is C22H20FNO4. The minimum absolute atomic E-state index is 0.0477. The van der Waals surface area contributed by atoms with Crippen LogP contribution in [0.25, 0.3) is 10.8 Å². The van der Waals surface area contributed by atoms with Crippen LogP contribution in [-0.2, 0) is 14.3 Å². The molecule has 3 aromatic carbocycles. The van der Waals surface area contributed by atoms with E-state index < -0.39 is 30.9 Å². The largest absolute Gasteiger partial charge is 0.479 e. The summed E-state index contributed by atoms with van der Waals surface area (Å²) < 4.78 is 23.4. The van der Waals surface area contributed by atoms with Crippen molar-refractivity contribution < 1.29 is 23.5 Å². The van der Waals surface area contributed by atoms with Crippen LogP contribution in [0.4, 0.5) is 4.39 Å².